The van der Waals surface area contributed by atoms with Crippen molar-refractivity contribution in [2.75, 3.05) is 7.11 Å². The average Bonchev–Trinajstić information content (AvgIpc) is 2.54. The highest BCUT2D eigenvalue weighted by Crippen LogP contribution is 2.39. The zero-order valence-corrected chi connectivity index (χ0v) is 16.0. The molecular formula is C18H16Cl3FO3. The molecule has 0 saturated carbocycles. The minimum Gasteiger partial charge on any atom is -0.495 e. The summed E-state index contributed by atoms with van der Waals surface area (Å²) in [7, 11) is 1.46. The van der Waals surface area contributed by atoms with E-state index in [9.17, 15) is 9.18 Å². The number of hydrogen-bond donors (Lipinski definition) is 1. The number of methoxy groups -OCH3 is 1. The van der Waals surface area contributed by atoms with Crippen LogP contribution in [-0.2, 0) is 4.79 Å². The standard InChI is InChI=1S/C18H16Cl3FO3/c1-10(5-7-14(22)11(2)8-16(23)24)4-6-12-13(19)9-15(25-3)18(21)17(12)20/h4-9H,1-3H3,(H,23,24)/b6-4+,10-5+,11-8+,14-7-. The van der Waals surface area contributed by atoms with E-state index in [-0.39, 0.29) is 15.6 Å². The number of carboxylic acids is 1. The van der Waals surface area contributed by atoms with Crippen LogP contribution in [-0.4, -0.2) is 18.2 Å². The quantitative estimate of drug-likeness (QED) is 0.334. The number of hydrogen-bond acceptors (Lipinski definition) is 2. The third kappa shape index (κ3) is 6.24. The van der Waals surface area contributed by atoms with E-state index in [0.29, 0.717) is 21.9 Å². The number of benzene rings is 1. The van der Waals surface area contributed by atoms with Crippen molar-refractivity contribution < 1.29 is 19.0 Å². The summed E-state index contributed by atoms with van der Waals surface area (Å²) in [5.74, 6) is -1.48. The Hall–Kier alpha value is -1.75. The first-order chi connectivity index (χ1) is 11.7. The first kappa shape index (κ1) is 21.3. The third-order valence-corrected chi connectivity index (χ3v) is 4.28. The second-order valence-corrected chi connectivity index (χ2v) is 6.19. The number of carboxylic acid groups (broad SMARTS) is 1. The van der Waals surface area contributed by atoms with Crippen molar-refractivity contribution in [2.24, 2.45) is 0 Å². The summed E-state index contributed by atoms with van der Waals surface area (Å²) >= 11 is 18.4. The summed E-state index contributed by atoms with van der Waals surface area (Å²) < 4.78 is 18.8. The first-order valence-electron chi connectivity index (χ1n) is 7.02. The minimum atomic E-state index is -1.21. The molecule has 134 valence electrons. The molecule has 1 aromatic rings. The average molecular weight is 406 g/mol. The van der Waals surface area contributed by atoms with E-state index in [1.807, 2.05) is 0 Å². The SMILES string of the molecule is COc1cc(Cl)c(/C=C/C(C)=C/C=C(F)/C(C)=C/C(=O)O)c(Cl)c1Cl. The monoisotopic (exact) mass is 404 g/mol. The first-order valence-corrected chi connectivity index (χ1v) is 8.16. The highest BCUT2D eigenvalue weighted by molar-refractivity contribution is 6.45. The van der Waals surface area contributed by atoms with Gasteiger partial charge in [-0.2, -0.15) is 0 Å². The van der Waals surface area contributed by atoms with E-state index in [4.69, 9.17) is 44.6 Å². The van der Waals surface area contributed by atoms with Gasteiger partial charge in [-0.25, -0.2) is 9.18 Å². The number of halogens is 4. The lowest BCUT2D eigenvalue weighted by molar-refractivity contribution is -0.131. The van der Waals surface area contributed by atoms with Crippen LogP contribution in [0.4, 0.5) is 4.39 Å². The van der Waals surface area contributed by atoms with E-state index in [1.165, 1.54) is 26.2 Å². The maximum atomic E-state index is 13.7. The fraction of sp³-hybridized carbons (Fsp3) is 0.167. The van der Waals surface area contributed by atoms with E-state index < -0.39 is 11.8 Å². The van der Waals surface area contributed by atoms with E-state index in [1.54, 1.807) is 25.1 Å². The van der Waals surface area contributed by atoms with E-state index >= 15 is 0 Å². The molecule has 0 aliphatic heterocycles. The van der Waals surface area contributed by atoms with Gasteiger partial charge in [-0.05, 0) is 25.5 Å². The highest BCUT2D eigenvalue weighted by atomic mass is 35.5. The van der Waals surface area contributed by atoms with Crippen molar-refractivity contribution in [2.45, 2.75) is 13.8 Å². The number of ether oxygens (including phenoxy) is 1. The van der Waals surface area contributed by atoms with Crippen LogP contribution in [0.3, 0.4) is 0 Å². The maximum absolute atomic E-state index is 13.7. The summed E-state index contributed by atoms with van der Waals surface area (Å²) in [5.41, 5.74) is 1.22. The Bertz CT molecular complexity index is 793. The molecule has 0 atom stereocenters. The predicted molar refractivity (Wildman–Crippen MR) is 101 cm³/mol. The zero-order chi connectivity index (χ0) is 19.1. The molecule has 0 radical (unpaired) electrons. The Kier molecular flexibility index (Phi) is 8.23. The van der Waals surface area contributed by atoms with Gasteiger partial charge < -0.3 is 9.84 Å². The number of rotatable bonds is 6. The van der Waals surface area contributed by atoms with Gasteiger partial charge in [0.25, 0.3) is 0 Å². The van der Waals surface area contributed by atoms with Gasteiger partial charge in [0.2, 0.25) is 0 Å². The molecule has 0 spiro atoms. The molecule has 1 rings (SSSR count). The molecule has 0 bridgehead atoms. The van der Waals surface area contributed by atoms with Crippen molar-refractivity contribution in [1.29, 1.82) is 0 Å². The van der Waals surface area contributed by atoms with Crippen LogP contribution in [0.25, 0.3) is 6.08 Å². The van der Waals surface area contributed by atoms with E-state index in [0.717, 1.165) is 6.08 Å². The molecule has 0 fully saturated rings. The van der Waals surface area contributed by atoms with Crippen molar-refractivity contribution in [3.63, 3.8) is 0 Å². The van der Waals surface area contributed by atoms with Gasteiger partial charge in [0.05, 0.1) is 17.2 Å². The maximum Gasteiger partial charge on any atom is 0.328 e. The Morgan fingerprint density at radius 2 is 1.84 bits per heavy atom. The van der Waals surface area contributed by atoms with Crippen LogP contribution in [0.15, 0.2) is 47.3 Å². The normalized spacial score (nSPS) is 13.5. The third-order valence-electron chi connectivity index (χ3n) is 3.10. The largest absolute Gasteiger partial charge is 0.495 e. The van der Waals surface area contributed by atoms with Crippen LogP contribution < -0.4 is 4.74 Å². The van der Waals surface area contributed by atoms with Crippen molar-refractivity contribution in [1.82, 2.24) is 0 Å². The Balaban J connectivity index is 3.06. The molecule has 1 N–H and O–H groups in total. The molecule has 0 aromatic heterocycles. The van der Waals surface area contributed by atoms with Crippen LogP contribution in [0.1, 0.15) is 19.4 Å². The second-order valence-electron chi connectivity index (χ2n) is 5.03. The molecule has 7 heteroatoms. The number of carbonyl (C=O) groups is 1. The van der Waals surface area contributed by atoms with Crippen molar-refractivity contribution in [3.8, 4) is 5.75 Å². The summed E-state index contributed by atoms with van der Waals surface area (Å²) in [4.78, 5) is 10.5. The van der Waals surface area contributed by atoms with Gasteiger partial charge >= 0.3 is 5.97 Å². The molecule has 25 heavy (non-hydrogen) atoms. The molecule has 0 aliphatic carbocycles. The van der Waals surface area contributed by atoms with Gasteiger partial charge in [-0.15, -0.1) is 0 Å². The molecular weight excluding hydrogens is 390 g/mol. The summed E-state index contributed by atoms with van der Waals surface area (Å²) in [5, 5.41) is 9.44. The predicted octanol–water partition coefficient (Wildman–Crippen LogP) is 6.50. The molecule has 3 nitrogen and oxygen atoms in total. The van der Waals surface area contributed by atoms with Crippen molar-refractivity contribution >= 4 is 46.8 Å². The zero-order valence-electron chi connectivity index (χ0n) is 13.7. The summed E-state index contributed by atoms with van der Waals surface area (Å²) in [6, 6.07) is 1.55. The molecule has 0 heterocycles. The summed E-state index contributed by atoms with van der Waals surface area (Å²) in [6.07, 6.45) is 6.80. The molecule has 0 amide bonds. The fourth-order valence-corrected chi connectivity index (χ4v) is 2.55. The fourth-order valence-electron chi connectivity index (χ4n) is 1.75. The van der Waals surface area contributed by atoms with Crippen LogP contribution in [0.5, 0.6) is 5.75 Å². The molecule has 0 saturated heterocycles. The lowest BCUT2D eigenvalue weighted by Crippen LogP contribution is -1.90. The Morgan fingerprint density at radius 1 is 1.20 bits per heavy atom. The van der Waals surface area contributed by atoms with E-state index in [2.05, 4.69) is 0 Å². The van der Waals surface area contributed by atoms with Crippen LogP contribution >= 0.6 is 34.8 Å². The van der Waals surface area contributed by atoms with Crippen molar-refractivity contribution in [3.05, 3.63) is 68.0 Å². The Labute approximate surface area is 160 Å². The van der Waals surface area contributed by atoms with Gasteiger partial charge in [0, 0.05) is 17.7 Å². The highest BCUT2D eigenvalue weighted by Gasteiger charge is 2.13. The van der Waals surface area contributed by atoms with Gasteiger partial charge in [0.1, 0.15) is 16.6 Å². The molecule has 0 unspecified atom stereocenters. The van der Waals surface area contributed by atoms with Crippen LogP contribution in [0.2, 0.25) is 15.1 Å². The topological polar surface area (TPSA) is 46.5 Å². The Morgan fingerprint density at radius 3 is 2.40 bits per heavy atom. The molecule has 0 aliphatic rings. The minimum absolute atomic E-state index is 0.0218. The lowest BCUT2D eigenvalue weighted by Gasteiger charge is -2.09. The number of aliphatic carboxylic acids is 1. The number of allylic oxidation sites excluding steroid dienone is 6. The van der Waals surface area contributed by atoms with Crippen LogP contribution in [0, 0.1) is 0 Å². The smallest absolute Gasteiger partial charge is 0.328 e. The summed E-state index contributed by atoms with van der Waals surface area (Å²) in [6.45, 7) is 3.11. The van der Waals surface area contributed by atoms with Gasteiger partial charge in [-0.1, -0.05) is 58.6 Å². The molecule has 1 aromatic carbocycles. The van der Waals surface area contributed by atoms with Gasteiger partial charge in [-0.3, -0.25) is 0 Å². The second kappa shape index (κ2) is 9.66. The van der Waals surface area contributed by atoms with Gasteiger partial charge in [0.15, 0.2) is 0 Å². The lowest BCUT2D eigenvalue weighted by atomic mass is 10.1.